The van der Waals surface area contributed by atoms with E-state index >= 15 is 0 Å². The van der Waals surface area contributed by atoms with Gasteiger partial charge < -0.3 is 10.6 Å². The predicted molar refractivity (Wildman–Crippen MR) is 107 cm³/mol. The van der Waals surface area contributed by atoms with E-state index in [1.165, 1.54) is 11.3 Å². The number of thiazole rings is 1. The van der Waals surface area contributed by atoms with E-state index < -0.39 is 6.03 Å². The van der Waals surface area contributed by atoms with E-state index in [4.69, 9.17) is 0 Å². The standard InChI is InChI=1S/C19H23N5O2S/c1-13-15(6-5-14-7-10-20-11-8-14)27-18(22-13)23-17(26)21-12-9-16(25)24-19(2,3)4/h7-8,10-11H,9,12H2,1-4H3,(H,24,25)(H2,21,22,23,26). The zero-order valence-corrected chi connectivity index (χ0v) is 16.7. The number of rotatable bonds is 4. The minimum Gasteiger partial charge on any atom is -0.351 e. The number of anilines is 1. The second-order valence-corrected chi connectivity index (χ2v) is 7.85. The highest BCUT2D eigenvalue weighted by Gasteiger charge is 2.14. The molecule has 0 radical (unpaired) electrons. The molecule has 0 bridgehead atoms. The van der Waals surface area contributed by atoms with Gasteiger partial charge in [-0.1, -0.05) is 17.3 Å². The molecule has 27 heavy (non-hydrogen) atoms. The molecule has 0 aromatic carbocycles. The van der Waals surface area contributed by atoms with E-state index in [2.05, 4.69) is 37.8 Å². The van der Waals surface area contributed by atoms with Gasteiger partial charge in [-0.3, -0.25) is 15.1 Å². The molecular weight excluding hydrogens is 362 g/mol. The lowest BCUT2D eigenvalue weighted by Crippen LogP contribution is -2.42. The number of carbonyl (C=O) groups is 2. The van der Waals surface area contributed by atoms with Crippen LogP contribution in [0.1, 0.15) is 43.3 Å². The van der Waals surface area contributed by atoms with Gasteiger partial charge in [0, 0.05) is 36.5 Å². The van der Waals surface area contributed by atoms with Gasteiger partial charge in [-0.2, -0.15) is 0 Å². The summed E-state index contributed by atoms with van der Waals surface area (Å²) in [6.45, 7) is 7.81. The number of aromatic nitrogens is 2. The first-order valence-electron chi connectivity index (χ1n) is 8.48. The normalized spacial score (nSPS) is 10.5. The molecule has 0 aliphatic carbocycles. The van der Waals surface area contributed by atoms with E-state index in [1.54, 1.807) is 12.4 Å². The second kappa shape index (κ2) is 9.14. The summed E-state index contributed by atoms with van der Waals surface area (Å²) in [5.41, 5.74) is 1.32. The van der Waals surface area contributed by atoms with Crippen LogP contribution in [0.5, 0.6) is 0 Å². The van der Waals surface area contributed by atoms with E-state index in [-0.39, 0.29) is 24.4 Å². The van der Waals surface area contributed by atoms with Gasteiger partial charge in [-0.25, -0.2) is 9.78 Å². The van der Waals surface area contributed by atoms with Crippen molar-refractivity contribution in [1.29, 1.82) is 0 Å². The molecule has 0 fully saturated rings. The van der Waals surface area contributed by atoms with E-state index in [0.29, 0.717) is 5.13 Å². The van der Waals surface area contributed by atoms with Crippen LogP contribution in [0.3, 0.4) is 0 Å². The summed E-state index contributed by atoms with van der Waals surface area (Å²) in [4.78, 5) is 32.7. The molecule has 7 nitrogen and oxygen atoms in total. The summed E-state index contributed by atoms with van der Waals surface area (Å²) in [7, 11) is 0. The Morgan fingerprint density at radius 3 is 2.56 bits per heavy atom. The molecule has 0 aliphatic heterocycles. The van der Waals surface area contributed by atoms with Gasteiger partial charge in [0.05, 0.1) is 5.69 Å². The molecule has 3 amide bonds. The summed E-state index contributed by atoms with van der Waals surface area (Å²) >= 11 is 1.30. The van der Waals surface area contributed by atoms with Crippen LogP contribution in [0, 0.1) is 18.8 Å². The fourth-order valence-corrected chi connectivity index (χ4v) is 2.86. The van der Waals surface area contributed by atoms with E-state index in [0.717, 1.165) is 16.1 Å². The minimum atomic E-state index is -0.402. The summed E-state index contributed by atoms with van der Waals surface area (Å²) in [5.74, 6) is 5.99. The molecule has 2 aromatic heterocycles. The Bertz CT molecular complexity index is 860. The van der Waals surface area contributed by atoms with Crippen LogP contribution >= 0.6 is 11.3 Å². The van der Waals surface area contributed by atoms with E-state index in [1.807, 2.05) is 39.8 Å². The minimum absolute atomic E-state index is 0.110. The van der Waals surface area contributed by atoms with Crippen molar-refractivity contribution in [2.45, 2.75) is 39.7 Å². The van der Waals surface area contributed by atoms with Gasteiger partial charge in [-0.05, 0) is 45.7 Å². The summed E-state index contributed by atoms with van der Waals surface area (Å²) in [6, 6.07) is 3.25. The number of carbonyl (C=O) groups excluding carboxylic acids is 2. The largest absolute Gasteiger partial charge is 0.351 e. The summed E-state index contributed by atoms with van der Waals surface area (Å²) in [6.07, 6.45) is 3.58. The lowest BCUT2D eigenvalue weighted by atomic mass is 10.1. The van der Waals surface area contributed by atoms with Crippen LogP contribution < -0.4 is 16.0 Å². The maximum atomic E-state index is 11.9. The van der Waals surface area contributed by atoms with Gasteiger partial charge in [0.25, 0.3) is 0 Å². The molecular formula is C19H23N5O2S. The molecule has 3 N–H and O–H groups in total. The Kier molecular flexibility index (Phi) is 6.91. The van der Waals surface area contributed by atoms with E-state index in [9.17, 15) is 9.59 Å². The second-order valence-electron chi connectivity index (χ2n) is 6.85. The van der Waals surface area contributed by atoms with Crippen LogP contribution in [0.2, 0.25) is 0 Å². The van der Waals surface area contributed by atoms with Gasteiger partial charge in [0.15, 0.2) is 5.13 Å². The first kappa shape index (κ1) is 20.4. The van der Waals surface area contributed by atoms with Crippen molar-refractivity contribution in [2.24, 2.45) is 0 Å². The number of pyridine rings is 1. The third-order valence-electron chi connectivity index (χ3n) is 3.17. The Balaban J connectivity index is 1.85. The Hall–Kier alpha value is -2.92. The lowest BCUT2D eigenvalue weighted by Gasteiger charge is -2.20. The quantitative estimate of drug-likeness (QED) is 0.705. The molecule has 8 heteroatoms. The fraction of sp³-hybridized carbons (Fsp3) is 0.368. The number of hydrogen-bond donors (Lipinski definition) is 3. The number of urea groups is 1. The predicted octanol–water partition coefficient (Wildman–Crippen LogP) is 2.67. The molecule has 0 spiro atoms. The molecule has 0 saturated heterocycles. The molecule has 142 valence electrons. The highest BCUT2D eigenvalue weighted by Crippen LogP contribution is 2.21. The third-order valence-corrected chi connectivity index (χ3v) is 4.16. The smallest absolute Gasteiger partial charge is 0.321 e. The Morgan fingerprint density at radius 2 is 1.89 bits per heavy atom. The van der Waals surface area contributed by atoms with Gasteiger partial charge in [0.2, 0.25) is 5.91 Å². The van der Waals surface area contributed by atoms with Crippen molar-refractivity contribution in [3.63, 3.8) is 0 Å². The molecule has 2 rings (SSSR count). The lowest BCUT2D eigenvalue weighted by molar-refractivity contribution is -0.122. The van der Waals surface area contributed by atoms with Crippen LogP contribution in [-0.4, -0.2) is 34.0 Å². The molecule has 0 unspecified atom stereocenters. The average Bonchev–Trinajstić information content (AvgIpc) is 2.91. The van der Waals surface area contributed by atoms with Crippen LogP contribution in [0.15, 0.2) is 24.5 Å². The highest BCUT2D eigenvalue weighted by molar-refractivity contribution is 7.16. The van der Waals surface area contributed by atoms with Crippen LogP contribution in [0.4, 0.5) is 9.93 Å². The first-order valence-corrected chi connectivity index (χ1v) is 9.30. The molecule has 0 saturated carbocycles. The van der Waals surface area contributed by atoms with Crippen molar-refractivity contribution >= 4 is 28.4 Å². The third kappa shape index (κ3) is 7.46. The van der Waals surface area contributed by atoms with Crippen molar-refractivity contribution in [3.8, 4) is 11.8 Å². The summed E-state index contributed by atoms with van der Waals surface area (Å²) in [5, 5.41) is 8.62. The number of hydrogen-bond acceptors (Lipinski definition) is 5. The Labute approximate surface area is 163 Å². The topological polar surface area (TPSA) is 96.0 Å². The fourth-order valence-electron chi connectivity index (χ4n) is 2.04. The van der Waals surface area contributed by atoms with Gasteiger partial charge in [0.1, 0.15) is 4.88 Å². The van der Waals surface area contributed by atoms with Gasteiger partial charge in [-0.15, -0.1) is 0 Å². The van der Waals surface area contributed by atoms with Crippen molar-refractivity contribution in [2.75, 3.05) is 11.9 Å². The van der Waals surface area contributed by atoms with Crippen molar-refractivity contribution < 1.29 is 9.59 Å². The zero-order chi connectivity index (χ0) is 19.9. The SMILES string of the molecule is Cc1nc(NC(=O)NCCC(=O)NC(C)(C)C)sc1C#Cc1ccncc1. The van der Waals surface area contributed by atoms with Gasteiger partial charge >= 0.3 is 6.03 Å². The number of amides is 3. The number of nitrogens with one attached hydrogen (secondary N) is 3. The Morgan fingerprint density at radius 1 is 1.19 bits per heavy atom. The monoisotopic (exact) mass is 385 g/mol. The molecule has 0 atom stereocenters. The van der Waals surface area contributed by atoms with Crippen LogP contribution in [0.25, 0.3) is 0 Å². The molecule has 0 aliphatic rings. The first-order chi connectivity index (χ1) is 12.7. The maximum Gasteiger partial charge on any atom is 0.321 e. The zero-order valence-electron chi connectivity index (χ0n) is 15.8. The number of aryl methyl sites for hydroxylation is 1. The highest BCUT2D eigenvalue weighted by atomic mass is 32.1. The molecule has 2 aromatic rings. The van der Waals surface area contributed by atoms with Crippen molar-refractivity contribution in [1.82, 2.24) is 20.6 Å². The molecule has 2 heterocycles. The van der Waals surface area contributed by atoms with Crippen LogP contribution in [-0.2, 0) is 4.79 Å². The average molecular weight is 385 g/mol. The summed E-state index contributed by atoms with van der Waals surface area (Å²) < 4.78 is 0. The number of nitrogens with zero attached hydrogens (tertiary/aromatic N) is 2. The van der Waals surface area contributed by atoms with Crippen molar-refractivity contribution in [3.05, 3.63) is 40.7 Å². The maximum absolute atomic E-state index is 11.9.